The summed E-state index contributed by atoms with van der Waals surface area (Å²) in [5.41, 5.74) is -0.484. The van der Waals surface area contributed by atoms with Crippen molar-refractivity contribution in [2.24, 2.45) is 0 Å². The van der Waals surface area contributed by atoms with E-state index in [4.69, 9.17) is 4.74 Å². The number of nitrogens with zero attached hydrogens (tertiary/aromatic N) is 4. The summed E-state index contributed by atoms with van der Waals surface area (Å²) in [6.45, 7) is 9.42. The van der Waals surface area contributed by atoms with Crippen molar-refractivity contribution in [1.82, 2.24) is 19.7 Å². The average molecular weight is 320 g/mol. The van der Waals surface area contributed by atoms with Crippen molar-refractivity contribution < 1.29 is 9.53 Å². The smallest absolute Gasteiger partial charge is 0.410 e. The Morgan fingerprint density at radius 3 is 2.68 bits per heavy atom. The van der Waals surface area contributed by atoms with Gasteiger partial charge in [-0.1, -0.05) is 0 Å². The highest BCUT2D eigenvalue weighted by molar-refractivity contribution is 7.15. The van der Waals surface area contributed by atoms with Gasteiger partial charge in [0.2, 0.25) is 0 Å². The molecule has 0 saturated carbocycles. The molecule has 7 heteroatoms. The fourth-order valence-electron chi connectivity index (χ4n) is 2.38. The highest BCUT2D eigenvalue weighted by Gasteiger charge is 2.28. The number of hydrogen-bond acceptors (Lipinski definition) is 5. The molecule has 0 bridgehead atoms. The van der Waals surface area contributed by atoms with Gasteiger partial charge in [-0.15, -0.1) is 21.5 Å². The van der Waals surface area contributed by atoms with E-state index in [1.807, 2.05) is 20.8 Å². The number of fused-ring (bicyclic) bond motifs is 1. The molecule has 0 saturated heterocycles. The average Bonchev–Trinajstić information content (AvgIpc) is 3.01. The van der Waals surface area contributed by atoms with Crippen LogP contribution in [0.2, 0.25) is 0 Å². The van der Waals surface area contributed by atoms with Crippen LogP contribution >= 0.6 is 11.3 Å². The van der Waals surface area contributed by atoms with Crippen molar-refractivity contribution in [3.8, 4) is 10.7 Å². The summed E-state index contributed by atoms with van der Waals surface area (Å²) in [4.78, 5) is 16.2. The van der Waals surface area contributed by atoms with Gasteiger partial charge in [0, 0.05) is 18.0 Å². The van der Waals surface area contributed by atoms with Crippen molar-refractivity contribution >= 4 is 17.4 Å². The zero-order valence-electron chi connectivity index (χ0n) is 13.3. The minimum atomic E-state index is -0.484. The molecule has 3 rings (SSSR count). The highest BCUT2D eigenvalue weighted by Crippen LogP contribution is 2.28. The maximum absolute atomic E-state index is 12.2. The molecule has 118 valence electrons. The van der Waals surface area contributed by atoms with Gasteiger partial charge < -0.3 is 9.30 Å². The number of carbonyl (C=O) groups excluding carboxylic acids is 1. The highest BCUT2D eigenvalue weighted by atomic mass is 32.1. The molecule has 6 nitrogen and oxygen atoms in total. The minimum Gasteiger partial charge on any atom is -0.444 e. The molecular formula is C15H20N4O2S. The van der Waals surface area contributed by atoms with Crippen molar-refractivity contribution in [1.29, 1.82) is 0 Å². The van der Waals surface area contributed by atoms with E-state index in [-0.39, 0.29) is 6.09 Å². The first-order chi connectivity index (χ1) is 10.3. The third kappa shape index (κ3) is 2.99. The lowest BCUT2D eigenvalue weighted by Crippen LogP contribution is -2.41. The molecule has 22 heavy (non-hydrogen) atoms. The molecule has 0 radical (unpaired) electrons. The molecule has 0 unspecified atom stereocenters. The van der Waals surface area contributed by atoms with Gasteiger partial charge in [-0.05, 0) is 39.8 Å². The van der Waals surface area contributed by atoms with Crippen LogP contribution in [0.25, 0.3) is 10.7 Å². The van der Waals surface area contributed by atoms with Gasteiger partial charge in [0.15, 0.2) is 11.6 Å². The first-order valence-electron chi connectivity index (χ1n) is 7.30. The number of amides is 1. The standard InChI is InChI=1S/C15H20N4O2S/c1-10-5-6-11(22-10)13-17-16-12-9-18(7-8-19(12)13)14(20)21-15(2,3)4/h5-6H,7-9H2,1-4H3. The Balaban J connectivity index is 1.78. The van der Waals surface area contributed by atoms with Crippen LogP contribution in [0.4, 0.5) is 4.79 Å². The van der Waals surface area contributed by atoms with Crippen LogP contribution < -0.4 is 0 Å². The Labute approximate surface area is 133 Å². The fraction of sp³-hybridized carbons (Fsp3) is 0.533. The minimum absolute atomic E-state index is 0.296. The molecule has 0 aliphatic carbocycles. The largest absolute Gasteiger partial charge is 0.444 e. The lowest BCUT2D eigenvalue weighted by Gasteiger charge is -2.30. The van der Waals surface area contributed by atoms with Crippen LogP contribution in [-0.4, -0.2) is 37.9 Å². The number of thiophene rings is 1. The molecule has 2 aromatic rings. The van der Waals surface area contributed by atoms with Gasteiger partial charge in [0.25, 0.3) is 0 Å². The molecule has 0 atom stereocenters. The number of ether oxygens (including phenoxy) is 1. The van der Waals surface area contributed by atoms with E-state index >= 15 is 0 Å². The molecule has 0 fully saturated rings. The van der Waals surface area contributed by atoms with Crippen molar-refractivity contribution in [3.63, 3.8) is 0 Å². The van der Waals surface area contributed by atoms with Crippen LogP contribution in [0.15, 0.2) is 12.1 Å². The quantitative estimate of drug-likeness (QED) is 0.810. The summed E-state index contributed by atoms with van der Waals surface area (Å²) in [6.07, 6.45) is -0.296. The number of hydrogen-bond donors (Lipinski definition) is 0. The molecule has 0 aromatic carbocycles. The number of carbonyl (C=O) groups is 1. The number of aryl methyl sites for hydroxylation is 1. The van der Waals surface area contributed by atoms with E-state index in [0.717, 1.165) is 16.5 Å². The Morgan fingerprint density at radius 2 is 2.05 bits per heavy atom. The normalized spacial score (nSPS) is 14.8. The van der Waals surface area contributed by atoms with E-state index in [2.05, 4.69) is 33.8 Å². The predicted molar refractivity (Wildman–Crippen MR) is 84.7 cm³/mol. The van der Waals surface area contributed by atoms with E-state index in [0.29, 0.717) is 19.6 Å². The van der Waals surface area contributed by atoms with Gasteiger partial charge >= 0.3 is 6.09 Å². The first-order valence-corrected chi connectivity index (χ1v) is 8.12. The summed E-state index contributed by atoms with van der Waals surface area (Å²) >= 11 is 1.70. The number of rotatable bonds is 1. The monoisotopic (exact) mass is 320 g/mol. The lowest BCUT2D eigenvalue weighted by molar-refractivity contribution is 0.0196. The van der Waals surface area contributed by atoms with Crippen molar-refractivity contribution in [2.75, 3.05) is 6.54 Å². The van der Waals surface area contributed by atoms with Crippen LogP contribution in [-0.2, 0) is 17.8 Å². The Morgan fingerprint density at radius 1 is 1.27 bits per heavy atom. The predicted octanol–water partition coefficient (Wildman–Crippen LogP) is 3.07. The molecule has 0 N–H and O–H groups in total. The van der Waals surface area contributed by atoms with Crippen LogP contribution in [0, 0.1) is 6.92 Å². The molecule has 3 heterocycles. The van der Waals surface area contributed by atoms with Gasteiger partial charge in [0.1, 0.15) is 5.60 Å². The maximum Gasteiger partial charge on any atom is 0.410 e. The molecule has 0 spiro atoms. The van der Waals surface area contributed by atoms with Gasteiger partial charge in [0.05, 0.1) is 11.4 Å². The van der Waals surface area contributed by atoms with Gasteiger partial charge in [-0.25, -0.2) is 4.79 Å². The summed E-state index contributed by atoms with van der Waals surface area (Å²) < 4.78 is 7.51. The zero-order valence-corrected chi connectivity index (χ0v) is 14.1. The second-order valence-corrected chi connectivity index (χ2v) is 7.69. The maximum atomic E-state index is 12.2. The summed E-state index contributed by atoms with van der Waals surface area (Å²) in [7, 11) is 0. The SMILES string of the molecule is Cc1ccc(-c2nnc3n2CCN(C(=O)OC(C)(C)C)C3)s1. The fourth-order valence-corrected chi connectivity index (χ4v) is 3.24. The molecule has 2 aromatic heterocycles. The Kier molecular flexibility index (Phi) is 3.68. The van der Waals surface area contributed by atoms with Crippen LogP contribution in [0.3, 0.4) is 0 Å². The van der Waals surface area contributed by atoms with E-state index in [9.17, 15) is 4.79 Å². The second-order valence-electron chi connectivity index (χ2n) is 6.40. The molecular weight excluding hydrogens is 300 g/mol. The summed E-state index contributed by atoms with van der Waals surface area (Å²) in [5.74, 6) is 1.69. The van der Waals surface area contributed by atoms with Gasteiger partial charge in [-0.2, -0.15) is 0 Å². The van der Waals surface area contributed by atoms with Crippen LogP contribution in [0.5, 0.6) is 0 Å². The Bertz CT molecular complexity index is 699. The topological polar surface area (TPSA) is 60.2 Å². The molecule has 1 aliphatic heterocycles. The van der Waals surface area contributed by atoms with Crippen molar-refractivity contribution in [2.45, 2.75) is 46.4 Å². The second kappa shape index (κ2) is 5.39. The first kappa shape index (κ1) is 15.0. The lowest BCUT2D eigenvalue weighted by atomic mass is 10.2. The van der Waals surface area contributed by atoms with Crippen LogP contribution in [0.1, 0.15) is 31.5 Å². The molecule has 1 aliphatic rings. The summed E-state index contributed by atoms with van der Waals surface area (Å²) in [6, 6.07) is 4.15. The van der Waals surface area contributed by atoms with Gasteiger partial charge in [-0.3, -0.25) is 4.90 Å². The summed E-state index contributed by atoms with van der Waals surface area (Å²) in [5, 5.41) is 8.54. The van der Waals surface area contributed by atoms with Crippen molar-refractivity contribution in [3.05, 3.63) is 22.8 Å². The van der Waals surface area contributed by atoms with E-state index in [1.54, 1.807) is 16.2 Å². The van der Waals surface area contributed by atoms with E-state index in [1.165, 1.54) is 4.88 Å². The third-order valence-corrected chi connectivity index (χ3v) is 4.36. The third-order valence-electron chi connectivity index (χ3n) is 3.37. The van der Waals surface area contributed by atoms with E-state index < -0.39 is 5.60 Å². The zero-order chi connectivity index (χ0) is 15.9. The number of aromatic nitrogens is 3. The molecule has 1 amide bonds. The Hall–Kier alpha value is -1.89.